The Morgan fingerprint density at radius 3 is 2.65 bits per heavy atom. The highest BCUT2D eigenvalue weighted by molar-refractivity contribution is 5.82. The summed E-state index contributed by atoms with van der Waals surface area (Å²) in [5.74, 6) is 0.641. The third kappa shape index (κ3) is 3.57. The number of nitrogens with two attached hydrogens (primary N) is 1. The fourth-order valence-electron chi connectivity index (χ4n) is 2.73. The molecule has 0 bridgehead atoms. The molecule has 0 amide bonds. The van der Waals surface area contributed by atoms with Crippen molar-refractivity contribution in [2.75, 3.05) is 26.2 Å². The van der Waals surface area contributed by atoms with Gasteiger partial charge in [0, 0.05) is 19.1 Å². The molecule has 5 heteroatoms. The Hall–Kier alpha value is -0.810. The van der Waals surface area contributed by atoms with Crippen LogP contribution in [0.2, 0.25) is 0 Å². The number of hydrogen-bond acceptors (Lipinski definition) is 4. The van der Waals surface area contributed by atoms with Crippen molar-refractivity contribution < 1.29 is 9.94 Å². The molecule has 2 aliphatic rings. The van der Waals surface area contributed by atoms with Gasteiger partial charge in [0.25, 0.3) is 0 Å². The molecule has 0 saturated carbocycles. The van der Waals surface area contributed by atoms with E-state index in [9.17, 15) is 0 Å². The highest BCUT2D eigenvalue weighted by atomic mass is 16.5. The Labute approximate surface area is 103 Å². The Morgan fingerprint density at radius 1 is 1.29 bits per heavy atom. The van der Waals surface area contributed by atoms with Crippen LogP contribution in [-0.2, 0) is 4.74 Å². The van der Waals surface area contributed by atoms with E-state index in [1.165, 1.54) is 19.3 Å². The number of rotatable bonds is 3. The van der Waals surface area contributed by atoms with Gasteiger partial charge in [-0.25, -0.2) is 0 Å². The summed E-state index contributed by atoms with van der Waals surface area (Å²) in [6.07, 6.45) is 6.10. The largest absolute Gasteiger partial charge is 0.409 e. The summed E-state index contributed by atoms with van der Waals surface area (Å²) < 4.78 is 5.75. The smallest absolute Gasteiger partial charge is 0.142 e. The molecule has 0 spiro atoms. The summed E-state index contributed by atoms with van der Waals surface area (Å²) >= 11 is 0. The second-order valence-electron chi connectivity index (χ2n) is 5.09. The fraction of sp³-hybridized carbons (Fsp3) is 0.917. The van der Waals surface area contributed by atoms with Crippen LogP contribution >= 0.6 is 0 Å². The van der Waals surface area contributed by atoms with Crippen LogP contribution in [0.3, 0.4) is 0 Å². The number of amidine groups is 1. The van der Waals surface area contributed by atoms with Gasteiger partial charge in [-0.05, 0) is 45.2 Å². The molecule has 1 atom stereocenters. The molecule has 17 heavy (non-hydrogen) atoms. The summed E-state index contributed by atoms with van der Waals surface area (Å²) in [4.78, 5) is 2.44. The predicted octanol–water partition coefficient (Wildman–Crippen LogP) is 1.01. The summed E-state index contributed by atoms with van der Waals surface area (Å²) in [5.41, 5.74) is 5.63. The lowest BCUT2D eigenvalue weighted by molar-refractivity contribution is -0.00981. The quantitative estimate of drug-likeness (QED) is 0.335. The first-order chi connectivity index (χ1) is 8.29. The predicted molar refractivity (Wildman–Crippen MR) is 66.2 cm³/mol. The van der Waals surface area contributed by atoms with Gasteiger partial charge in [-0.15, -0.1) is 0 Å². The number of piperidine rings is 1. The first-order valence-corrected chi connectivity index (χ1v) is 6.61. The number of ether oxygens (including phenoxy) is 1. The Morgan fingerprint density at radius 2 is 2.06 bits per heavy atom. The molecule has 5 nitrogen and oxygen atoms in total. The average Bonchev–Trinajstić information content (AvgIpc) is 2.40. The highest BCUT2D eigenvalue weighted by Crippen LogP contribution is 2.20. The van der Waals surface area contributed by atoms with E-state index >= 15 is 0 Å². The molecule has 2 heterocycles. The van der Waals surface area contributed by atoms with Gasteiger partial charge in [0.1, 0.15) is 5.84 Å². The number of nitrogens with zero attached hydrogens (tertiary/aromatic N) is 2. The summed E-state index contributed by atoms with van der Waals surface area (Å²) in [6, 6.07) is 0. The number of oxime groups is 1. The van der Waals surface area contributed by atoms with Gasteiger partial charge in [0.2, 0.25) is 0 Å². The van der Waals surface area contributed by atoms with Crippen LogP contribution in [0, 0.1) is 5.92 Å². The van der Waals surface area contributed by atoms with E-state index < -0.39 is 0 Å². The van der Waals surface area contributed by atoms with Crippen LogP contribution < -0.4 is 5.73 Å². The molecule has 3 N–H and O–H groups in total. The minimum absolute atomic E-state index is 0.253. The SMILES string of the molecule is NC(=NO)C1CCN(CC2CCCCO2)CC1. The number of hydrogen-bond donors (Lipinski definition) is 2. The molecule has 2 rings (SSSR count). The Balaban J connectivity index is 1.71. The van der Waals surface area contributed by atoms with Crippen LogP contribution in [0.4, 0.5) is 0 Å². The second-order valence-corrected chi connectivity index (χ2v) is 5.09. The fourth-order valence-corrected chi connectivity index (χ4v) is 2.73. The molecule has 0 aromatic rings. The van der Waals surface area contributed by atoms with Gasteiger partial charge >= 0.3 is 0 Å². The van der Waals surface area contributed by atoms with Crippen LogP contribution in [0.15, 0.2) is 5.16 Å². The molecule has 2 fully saturated rings. The van der Waals surface area contributed by atoms with E-state index in [0.717, 1.165) is 39.1 Å². The second kappa shape index (κ2) is 6.21. The zero-order chi connectivity index (χ0) is 12.1. The van der Waals surface area contributed by atoms with Crippen molar-refractivity contribution in [1.82, 2.24) is 4.90 Å². The van der Waals surface area contributed by atoms with E-state index in [1.807, 2.05) is 0 Å². The third-order valence-corrected chi connectivity index (χ3v) is 3.86. The lowest BCUT2D eigenvalue weighted by atomic mass is 9.95. The normalized spacial score (nSPS) is 29.4. The summed E-state index contributed by atoms with van der Waals surface area (Å²) in [6.45, 7) is 4.02. The van der Waals surface area contributed by atoms with Crippen molar-refractivity contribution >= 4 is 5.84 Å². The third-order valence-electron chi connectivity index (χ3n) is 3.86. The zero-order valence-electron chi connectivity index (χ0n) is 10.3. The van der Waals surface area contributed by atoms with Gasteiger partial charge in [-0.1, -0.05) is 5.16 Å². The minimum atomic E-state index is 0.253. The van der Waals surface area contributed by atoms with Gasteiger partial charge < -0.3 is 20.6 Å². The molecule has 98 valence electrons. The minimum Gasteiger partial charge on any atom is -0.409 e. The molecule has 0 aromatic carbocycles. The molecular weight excluding hydrogens is 218 g/mol. The number of likely N-dealkylation sites (tertiary alicyclic amines) is 1. The summed E-state index contributed by atoms with van der Waals surface area (Å²) in [7, 11) is 0. The lowest BCUT2D eigenvalue weighted by Crippen LogP contribution is -2.43. The van der Waals surface area contributed by atoms with Gasteiger partial charge in [-0.2, -0.15) is 0 Å². The molecule has 0 aliphatic carbocycles. The maximum atomic E-state index is 8.64. The maximum absolute atomic E-state index is 8.64. The first-order valence-electron chi connectivity index (χ1n) is 6.61. The van der Waals surface area contributed by atoms with Crippen molar-refractivity contribution in [3.63, 3.8) is 0 Å². The van der Waals surface area contributed by atoms with Crippen LogP contribution in [0.1, 0.15) is 32.1 Å². The molecular formula is C12H23N3O2. The first kappa shape index (κ1) is 12.6. The van der Waals surface area contributed by atoms with Crippen molar-refractivity contribution in [2.45, 2.75) is 38.2 Å². The monoisotopic (exact) mass is 241 g/mol. The topological polar surface area (TPSA) is 71.1 Å². The molecule has 0 radical (unpaired) electrons. The van der Waals surface area contributed by atoms with Crippen molar-refractivity contribution in [3.05, 3.63) is 0 Å². The molecule has 2 saturated heterocycles. The van der Waals surface area contributed by atoms with E-state index in [2.05, 4.69) is 10.1 Å². The lowest BCUT2D eigenvalue weighted by Gasteiger charge is -2.34. The molecule has 2 aliphatic heterocycles. The zero-order valence-corrected chi connectivity index (χ0v) is 10.3. The van der Waals surface area contributed by atoms with E-state index in [4.69, 9.17) is 15.7 Å². The van der Waals surface area contributed by atoms with E-state index in [-0.39, 0.29) is 5.92 Å². The molecule has 1 unspecified atom stereocenters. The van der Waals surface area contributed by atoms with Crippen LogP contribution in [-0.4, -0.2) is 48.3 Å². The highest BCUT2D eigenvalue weighted by Gasteiger charge is 2.24. The standard InChI is InChI=1S/C12H23N3O2/c13-12(14-16)10-4-6-15(7-5-10)9-11-3-1-2-8-17-11/h10-11,16H,1-9H2,(H2,13,14). The summed E-state index contributed by atoms with van der Waals surface area (Å²) in [5, 5.41) is 11.7. The van der Waals surface area contributed by atoms with Gasteiger partial charge in [-0.3, -0.25) is 0 Å². The van der Waals surface area contributed by atoms with Crippen molar-refractivity contribution in [1.29, 1.82) is 0 Å². The van der Waals surface area contributed by atoms with E-state index in [0.29, 0.717) is 11.9 Å². The molecule has 0 aromatic heterocycles. The van der Waals surface area contributed by atoms with Gasteiger partial charge in [0.15, 0.2) is 0 Å². The van der Waals surface area contributed by atoms with Crippen LogP contribution in [0.25, 0.3) is 0 Å². The maximum Gasteiger partial charge on any atom is 0.142 e. The van der Waals surface area contributed by atoms with Crippen molar-refractivity contribution in [2.24, 2.45) is 16.8 Å². The Bertz CT molecular complexity index is 256. The average molecular weight is 241 g/mol. The van der Waals surface area contributed by atoms with Gasteiger partial charge in [0.05, 0.1) is 6.10 Å². The van der Waals surface area contributed by atoms with E-state index in [1.54, 1.807) is 0 Å². The van der Waals surface area contributed by atoms with Crippen LogP contribution in [0.5, 0.6) is 0 Å². The Kier molecular flexibility index (Phi) is 4.62. The van der Waals surface area contributed by atoms with Crippen molar-refractivity contribution in [3.8, 4) is 0 Å².